The van der Waals surface area contributed by atoms with Crippen LogP contribution in [-0.4, -0.2) is 41.0 Å². The van der Waals surface area contributed by atoms with Crippen LogP contribution in [0.2, 0.25) is 0 Å². The normalized spacial score (nSPS) is 12.9. The third kappa shape index (κ3) is 10.1. The number of nitrogens with one attached hydrogen (secondary N) is 2. The van der Waals surface area contributed by atoms with Gasteiger partial charge in [0.25, 0.3) is 5.91 Å². The number of benzene rings is 3. The molecular weight excluding hydrogens is 550 g/mol. The summed E-state index contributed by atoms with van der Waals surface area (Å²) in [5, 5.41) is 8.04. The molecule has 0 saturated carbocycles. The summed E-state index contributed by atoms with van der Waals surface area (Å²) in [6.45, 7) is 16.0. The molecule has 3 rings (SSSR count). The minimum atomic E-state index is -0.898. The number of fused-ring (bicyclic) bond motifs is 1. The molecule has 0 aromatic heterocycles. The molecule has 2 atom stereocenters. The van der Waals surface area contributed by atoms with Crippen LogP contribution in [-0.2, 0) is 14.3 Å². The Labute approximate surface area is 263 Å². The summed E-state index contributed by atoms with van der Waals surface area (Å²) in [7, 11) is 0. The molecular formula is C37H51N3O4. The lowest BCUT2D eigenvalue weighted by molar-refractivity contribution is -0.141. The first-order chi connectivity index (χ1) is 20.8. The Morgan fingerprint density at radius 1 is 0.864 bits per heavy atom. The second kappa shape index (κ2) is 15.7. The second-order valence-electron chi connectivity index (χ2n) is 13.2. The summed E-state index contributed by atoms with van der Waals surface area (Å²) >= 11 is 0. The van der Waals surface area contributed by atoms with Crippen molar-refractivity contribution in [2.45, 2.75) is 105 Å². The highest BCUT2D eigenvalue weighted by Gasteiger charge is 2.36. The summed E-state index contributed by atoms with van der Waals surface area (Å²) < 4.78 is 5.53. The smallest absolute Gasteiger partial charge is 0.408 e. The number of anilines is 1. The fraction of sp³-hybridized carbons (Fsp3) is 0.486. The van der Waals surface area contributed by atoms with Crippen molar-refractivity contribution in [1.29, 1.82) is 0 Å². The van der Waals surface area contributed by atoms with Gasteiger partial charge in [0, 0.05) is 12.2 Å². The first-order valence-electron chi connectivity index (χ1n) is 16.0. The number of carbonyl (C=O) groups is 3. The minimum Gasteiger partial charge on any atom is -0.444 e. The average molecular weight is 602 g/mol. The maximum absolute atomic E-state index is 14.5. The van der Waals surface area contributed by atoms with E-state index in [0.29, 0.717) is 18.7 Å². The summed E-state index contributed by atoms with van der Waals surface area (Å²) in [5.74, 6) is -0.474. The van der Waals surface area contributed by atoms with Gasteiger partial charge in [-0.15, -0.1) is 0 Å². The van der Waals surface area contributed by atoms with Gasteiger partial charge >= 0.3 is 6.09 Å². The summed E-state index contributed by atoms with van der Waals surface area (Å²) in [6.07, 6.45) is 3.52. The van der Waals surface area contributed by atoms with E-state index in [4.69, 9.17) is 4.74 Å². The molecule has 0 bridgehead atoms. The lowest BCUT2D eigenvalue weighted by atomic mass is 9.96. The van der Waals surface area contributed by atoms with Gasteiger partial charge in [-0.05, 0) is 93.0 Å². The predicted octanol–water partition coefficient (Wildman–Crippen LogP) is 8.48. The molecule has 0 heterocycles. The highest BCUT2D eigenvalue weighted by atomic mass is 16.6. The van der Waals surface area contributed by atoms with Gasteiger partial charge in [0.2, 0.25) is 5.91 Å². The van der Waals surface area contributed by atoms with E-state index < -0.39 is 23.8 Å². The summed E-state index contributed by atoms with van der Waals surface area (Å²) in [4.78, 5) is 43.4. The summed E-state index contributed by atoms with van der Waals surface area (Å²) in [6, 6.07) is 18.0. The van der Waals surface area contributed by atoms with Crippen molar-refractivity contribution in [3.63, 3.8) is 0 Å². The van der Waals surface area contributed by atoms with Crippen molar-refractivity contribution in [2.75, 3.05) is 11.9 Å². The van der Waals surface area contributed by atoms with Crippen LogP contribution >= 0.6 is 0 Å². The monoisotopic (exact) mass is 601 g/mol. The molecule has 2 unspecified atom stereocenters. The topological polar surface area (TPSA) is 87.7 Å². The van der Waals surface area contributed by atoms with Crippen LogP contribution in [0.3, 0.4) is 0 Å². The molecule has 0 aliphatic heterocycles. The molecule has 2 N–H and O–H groups in total. The van der Waals surface area contributed by atoms with Crippen LogP contribution in [0.5, 0.6) is 0 Å². The maximum atomic E-state index is 14.5. The number of unbranched alkanes of at least 4 members (excludes halogenated alkanes) is 3. The number of nitrogens with zero attached hydrogens (tertiary/aromatic N) is 1. The third-order valence-corrected chi connectivity index (χ3v) is 7.66. The van der Waals surface area contributed by atoms with Gasteiger partial charge in [0.15, 0.2) is 0 Å². The molecule has 7 nitrogen and oxygen atoms in total. The molecule has 0 radical (unpaired) electrons. The van der Waals surface area contributed by atoms with Gasteiger partial charge in [-0.25, -0.2) is 4.79 Å². The fourth-order valence-electron chi connectivity index (χ4n) is 5.30. The number of rotatable bonds is 13. The van der Waals surface area contributed by atoms with Crippen molar-refractivity contribution in [3.8, 4) is 0 Å². The van der Waals surface area contributed by atoms with Crippen molar-refractivity contribution in [1.82, 2.24) is 10.2 Å². The molecule has 0 aliphatic rings. The predicted molar refractivity (Wildman–Crippen MR) is 180 cm³/mol. The van der Waals surface area contributed by atoms with Gasteiger partial charge < -0.3 is 20.3 Å². The Balaban J connectivity index is 2.06. The largest absolute Gasteiger partial charge is 0.444 e. The first kappa shape index (κ1) is 34.6. The molecule has 3 amide bonds. The Morgan fingerprint density at radius 2 is 1.57 bits per heavy atom. The van der Waals surface area contributed by atoms with Crippen molar-refractivity contribution in [3.05, 3.63) is 77.4 Å². The zero-order valence-corrected chi connectivity index (χ0v) is 27.8. The average Bonchev–Trinajstić information content (AvgIpc) is 2.94. The minimum absolute atomic E-state index is 0.118. The fourth-order valence-corrected chi connectivity index (χ4v) is 5.30. The molecule has 0 aliphatic carbocycles. The highest BCUT2D eigenvalue weighted by molar-refractivity contribution is 6.00. The van der Waals surface area contributed by atoms with Crippen LogP contribution in [0, 0.1) is 19.8 Å². The number of carbonyl (C=O) groups excluding carboxylic acids is 3. The van der Waals surface area contributed by atoms with Crippen LogP contribution in [0.25, 0.3) is 10.8 Å². The van der Waals surface area contributed by atoms with Crippen LogP contribution in [0.4, 0.5) is 10.5 Å². The molecule has 0 spiro atoms. The maximum Gasteiger partial charge on any atom is 0.408 e. The zero-order chi connectivity index (χ0) is 32.4. The first-order valence-corrected chi connectivity index (χ1v) is 16.0. The van der Waals surface area contributed by atoms with E-state index in [-0.39, 0.29) is 17.7 Å². The Hall–Kier alpha value is -3.87. The Kier molecular flexibility index (Phi) is 12.4. The molecule has 3 aromatic carbocycles. The lowest BCUT2D eigenvalue weighted by Gasteiger charge is -2.35. The van der Waals surface area contributed by atoms with Crippen LogP contribution < -0.4 is 10.6 Å². The lowest BCUT2D eigenvalue weighted by Crippen LogP contribution is -2.53. The van der Waals surface area contributed by atoms with Gasteiger partial charge in [-0.1, -0.05) is 88.6 Å². The quantitative estimate of drug-likeness (QED) is 0.192. The third-order valence-electron chi connectivity index (χ3n) is 7.66. The number of hydrogen-bond acceptors (Lipinski definition) is 4. The number of amides is 3. The molecule has 7 heteroatoms. The van der Waals surface area contributed by atoms with E-state index in [0.717, 1.165) is 53.1 Å². The van der Waals surface area contributed by atoms with Crippen molar-refractivity contribution >= 4 is 34.4 Å². The van der Waals surface area contributed by atoms with E-state index >= 15 is 0 Å². The van der Waals surface area contributed by atoms with Crippen molar-refractivity contribution < 1.29 is 19.1 Å². The molecule has 44 heavy (non-hydrogen) atoms. The Bertz CT molecular complexity index is 1430. The van der Waals surface area contributed by atoms with Gasteiger partial charge in [-0.2, -0.15) is 0 Å². The number of hydrogen-bond donors (Lipinski definition) is 2. The molecule has 0 saturated heterocycles. The van der Waals surface area contributed by atoms with E-state index in [9.17, 15) is 14.4 Å². The molecule has 0 fully saturated rings. The molecule has 238 valence electrons. The standard InChI is InChI=1S/C37H51N3O4/c1-9-10-11-14-21-40(35(42)32(22-25(2)3)39-36(43)44-37(6,7)8)33(30-18-17-26(4)27(5)23-30)34(41)38-31-20-19-28-15-12-13-16-29(28)24-31/h12-13,15-20,23-25,32-33H,9-11,14,21-22H2,1-8H3,(H,38,41)(H,39,43). The number of alkyl carbamates (subject to hydrolysis) is 1. The van der Waals surface area contributed by atoms with Gasteiger partial charge in [-0.3, -0.25) is 9.59 Å². The van der Waals surface area contributed by atoms with Gasteiger partial charge in [0.1, 0.15) is 17.7 Å². The highest BCUT2D eigenvalue weighted by Crippen LogP contribution is 2.29. The SMILES string of the molecule is CCCCCCN(C(=O)C(CC(C)C)NC(=O)OC(C)(C)C)C(C(=O)Nc1ccc2ccccc2c1)c1ccc(C)c(C)c1. The van der Waals surface area contributed by atoms with Crippen LogP contribution in [0.1, 0.15) is 96.4 Å². The van der Waals surface area contributed by atoms with Crippen LogP contribution in [0.15, 0.2) is 60.7 Å². The van der Waals surface area contributed by atoms with Crippen molar-refractivity contribution in [2.24, 2.45) is 5.92 Å². The number of aryl methyl sites for hydroxylation is 2. The van der Waals surface area contributed by atoms with E-state index in [1.807, 2.05) is 88.4 Å². The number of ether oxygens (including phenoxy) is 1. The molecule has 3 aromatic rings. The van der Waals surface area contributed by atoms with E-state index in [1.165, 1.54) is 0 Å². The second-order valence-corrected chi connectivity index (χ2v) is 13.2. The van der Waals surface area contributed by atoms with E-state index in [2.05, 4.69) is 17.6 Å². The van der Waals surface area contributed by atoms with Gasteiger partial charge in [0.05, 0.1) is 0 Å². The zero-order valence-electron chi connectivity index (χ0n) is 27.8. The van der Waals surface area contributed by atoms with E-state index in [1.54, 1.807) is 25.7 Å². The summed E-state index contributed by atoms with van der Waals surface area (Å²) in [5.41, 5.74) is 2.82. The Morgan fingerprint density at radius 3 is 2.20 bits per heavy atom.